The standard InChI is InChI=1S/C17H18O2/c1-13-3-7-15(8-4-13)17(18-11-12-19-17)16-9-5-14(2)6-10-16/h3-10H,11-12H2,1-2H3. The molecule has 1 aliphatic heterocycles. The maximum atomic E-state index is 5.97. The molecule has 0 spiro atoms. The van der Waals surface area contributed by atoms with E-state index in [1.54, 1.807) is 0 Å². The SMILES string of the molecule is Cc1ccc(C2(c3ccc(C)cc3)OCCO2)cc1. The molecule has 0 bridgehead atoms. The molecule has 3 rings (SSSR count). The van der Waals surface area contributed by atoms with Gasteiger partial charge in [-0.25, -0.2) is 0 Å². The summed E-state index contributed by atoms with van der Waals surface area (Å²) in [5.74, 6) is -0.735. The molecule has 19 heavy (non-hydrogen) atoms. The Kier molecular flexibility index (Phi) is 3.13. The number of hydrogen-bond donors (Lipinski definition) is 0. The fourth-order valence-electron chi connectivity index (χ4n) is 2.46. The number of rotatable bonds is 2. The fourth-order valence-corrected chi connectivity index (χ4v) is 2.46. The third-order valence-electron chi connectivity index (χ3n) is 3.56. The predicted molar refractivity (Wildman–Crippen MR) is 75.0 cm³/mol. The van der Waals surface area contributed by atoms with Gasteiger partial charge in [0.1, 0.15) is 0 Å². The molecule has 1 fully saturated rings. The minimum atomic E-state index is -0.735. The van der Waals surface area contributed by atoms with Crippen molar-refractivity contribution >= 4 is 0 Å². The first-order chi connectivity index (χ1) is 9.21. The Morgan fingerprint density at radius 2 is 1.05 bits per heavy atom. The number of aryl methyl sites for hydroxylation is 2. The van der Waals surface area contributed by atoms with Crippen LogP contribution in [0.4, 0.5) is 0 Å². The van der Waals surface area contributed by atoms with Gasteiger partial charge in [0.2, 0.25) is 5.79 Å². The van der Waals surface area contributed by atoms with E-state index in [1.165, 1.54) is 11.1 Å². The molecule has 0 unspecified atom stereocenters. The Hall–Kier alpha value is -1.64. The summed E-state index contributed by atoms with van der Waals surface area (Å²) in [5, 5.41) is 0. The zero-order valence-electron chi connectivity index (χ0n) is 11.3. The smallest absolute Gasteiger partial charge is 0.222 e. The van der Waals surface area contributed by atoms with Gasteiger partial charge in [0.05, 0.1) is 13.2 Å². The van der Waals surface area contributed by atoms with Crippen LogP contribution in [-0.4, -0.2) is 13.2 Å². The van der Waals surface area contributed by atoms with E-state index >= 15 is 0 Å². The third kappa shape index (κ3) is 2.18. The van der Waals surface area contributed by atoms with Crippen molar-refractivity contribution in [2.45, 2.75) is 19.6 Å². The highest BCUT2D eigenvalue weighted by atomic mass is 16.7. The van der Waals surface area contributed by atoms with E-state index in [2.05, 4.69) is 62.4 Å². The second-order valence-electron chi connectivity index (χ2n) is 5.05. The molecule has 0 aromatic heterocycles. The highest BCUT2D eigenvalue weighted by molar-refractivity contribution is 5.37. The van der Waals surface area contributed by atoms with Crippen molar-refractivity contribution in [1.82, 2.24) is 0 Å². The van der Waals surface area contributed by atoms with Crippen molar-refractivity contribution in [2.24, 2.45) is 0 Å². The Balaban J connectivity index is 2.08. The first-order valence-electron chi connectivity index (χ1n) is 6.63. The minimum absolute atomic E-state index is 0.627. The average molecular weight is 254 g/mol. The quantitative estimate of drug-likeness (QED) is 0.816. The van der Waals surface area contributed by atoms with Crippen molar-refractivity contribution < 1.29 is 9.47 Å². The minimum Gasteiger partial charge on any atom is -0.340 e. The molecule has 2 aromatic rings. The van der Waals surface area contributed by atoms with Crippen LogP contribution in [0.2, 0.25) is 0 Å². The van der Waals surface area contributed by atoms with Crippen LogP contribution >= 0.6 is 0 Å². The molecule has 0 N–H and O–H groups in total. The second-order valence-corrected chi connectivity index (χ2v) is 5.05. The molecule has 98 valence electrons. The molecule has 2 heteroatoms. The van der Waals surface area contributed by atoms with E-state index in [1.807, 2.05) is 0 Å². The first-order valence-corrected chi connectivity index (χ1v) is 6.63. The molecule has 0 atom stereocenters. The zero-order valence-corrected chi connectivity index (χ0v) is 11.3. The summed E-state index contributed by atoms with van der Waals surface area (Å²) in [7, 11) is 0. The van der Waals surface area contributed by atoms with Crippen molar-refractivity contribution in [3.63, 3.8) is 0 Å². The molecule has 1 saturated heterocycles. The van der Waals surface area contributed by atoms with Gasteiger partial charge in [-0.15, -0.1) is 0 Å². The summed E-state index contributed by atoms with van der Waals surface area (Å²) < 4.78 is 11.9. The van der Waals surface area contributed by atoms with Crippen molar-refractivity contribution in [1.29, 1.82) is 0 Å². The normalized spacial score (nSPS) is 17.6. The monoisotopic (exact) mass is 254 g/mol. The Bertz CT molecular complexity index is 501. The lowest BCUT2D eigenvalue weighted by molar-refractivity contribution is -0.129. The van der Waals surface area contributed by atoms with Crippen LogP contribution in [0.3, 0.4) is 0 Å². The van der Waals surface area contributed by atoms with Crippen molar-refractivity contribution in [3.05, 3.63) is 70.8 Å². The molecule has 1 heterocycles. The van der Waals surface area contributed by atoms with E-state index in [-0.39, 0.29) is 0 Å². The maximum absolute atomic E-state index is 5.97. The highest BCUT2D eigenvalue weighted by Gasteiger charge is 2.40. The van der Waals surface area contributed by atoms with Crippen LogP contribution in [0.25, 0.3) is 0 Å². The van der Waals surface area contributed by atoms with Crippen LogP contribution in [0, 0.1) is 13.8 Å². The molecule has 0 aliphatic carbocycles. The Morgan fingerprint density at radius 1 is 0.684 bits per heavy atom. The highest BCUT2D eigenvalue weighted by Crippen LogP contribution is 2.38. The zero-order chi connectivity index (χ0) is 13.3. The fraction of sp³-hybridized carbons (Fsp3) is 0.294. The van der Waals surface area contributed by atoms with E-state index in [9.17, 15) is 0 Å². The number of benzene rings is 2. The Labute approximate surface area is 114 Å². The topological polar surface area (TPSA) is 18.5 Å². The van der Waals surface area contributed by atoms with Gasteiger partial charge in [0.25, 0.3) is 0 Å². The lowest BCUT2D eigenvalue weighted by atomic mass is 9.96. The Morgan fingerprint density at radius 3 is 1.42 bits per heavy atom. The van der Waals surface area contributed by atoms with Gasteiger partial charge in [-0.2, -0.15) is 0 Å². The predicted octanol–water partition coefficient (Wildman–Crippen LogP) is 3.55. The van der Waals surface area contributed by atoms with E-state index in [4.69, 9.17) is 9.47 Å². The molecule has 0 radical (unpaired) electrons. The molecule has 0 amide bonds. The van der Waals surface area contributed by atoms with Gasteiger partial charge < -0.3 is 9.47 Å². The average Bonchev–Trinajstić information content (AvgIpc) is 2.91. The number of ether oxygens (including phenoxy) is 2. The van der Waals surface area contributed by atoms with Crippen molar-refractivity contribution in [3.8, 4) is 0 Å². The summed E-state index contributed by atoms with van der Waals surface area (Å²) in [6.45, 7) is 5.42. The molecular formula is C17H18O2. The maximum Gasteiger partial charge on any atom is 0.222 e. The molecular weight excluding hydrogens is 236 g/mol. The van der Waals surface area contributed by atoms with Gasteiger partial charge in [0, 0.05) is 11.1 Å². The molecule has 2 nitrogen and oxygen atoms in total. The van der Waals surface area contributed by atoms with E-state index in [0.29, 0.717) is 13.2 Å². The lowest BCUT2D eigenvalue weighted by Crippen LogP contribution is -2.28. The summed E-state index contributed by atoms with van der Waals surface area (Å²) in [4.78, 5) is 0. The summed E-state index contributed by atoms with van der Waals surface area (Å²) >= 11 is 0. The van der Waals surface area contributed by atoms with Crippen molar-refractivity contribution in [2.75, 3.05) is 13.2 Å². The third-order valence-corrected chi connectivity index (χ3v) is 3.56. The van der Waals surface area contributed by atoms with Gasteiger partial charge >= 0.3 is 0 Å². The van der Waals surface area contributed by atoms with Gasteiger partial charge in [-0.1, -0.05) is 59.7 Å². The van der Waals surface area contributed by atoms with Crippen LogP contribution in [0.15, 0.2) is 48.5 Å². The second kappa shape index (κ2) is 4.80. The van der Waals surface area contributed by atoms with Crippen LogP contribution in [-0.2, 0) is 15.3 Å². The number of hydrogen-bond acceptors (Lipinski definition) is 2. The summed E-state index contributed by atoms with van der Waals surface area (Å²) in [6, 6.07) is 16.7. The summed E-state index contributed by atoms with van der Waals surface area (Å²) in [6.07, 6.45) is 0. The van der Waals surface area contributed by atoms with Crippen LogP contribution < -0.4 is 0 Å². The van der Waals surface area contributed by atoms with E-state index in [0.717, 1.165) is 11.1 Å². The molecule has 1 aliphatic rings. The largest absolute Gasteiger partial charge is 0.340 e. The van der Waals surface area contributed by atoms with Gasteiger partial charge in [-0.3, -0.25) is 0 Å². The first kappa shape index (κ1) is 12.4. The van der Waals surface area contributed by atoms with Crippen LogP contribution in [0.5, 0.6) is 0 Å². The van der Waals surface area contributed by atoms with Crippen LogP contribution in [0.1, 0.15) is 22.3 Å². The van der Waals surface area contributed by atoms with E-state index < -0.39 is 5.79 Å². The summed E-state index contributed by atoms with van der Waals surface area (Å²) in [5.41, 5.74) is 4.58. The molecule has 2 aromatic carbocycles. The van der Waals surface area contributed by atoms with Gasteiger partial charge in [-0.05, 0) is 13.8 Å². The lowest BCUT2D eigenvalue weighted by Gasteiger charge is -2.28. The molecule has 0 saturated carbocycles. The van der Waals surface area contributed by atoms with Gasteiger partial charge in [0.15, 0.2) is 0 Å².